The Morgan fingerprint density at radius 1 is 1.35 bits per heavy atom. The number of hydrogen-bond acceptors (Lipinski definition) is 5. The number of ether oxygens (including phenoxy) is 1. The molecule has 0 aliphatic heterocycles. The van der Waals surface area contributed by atoms with Crippen molar-refractivity contribution in [2.75, 3.05) is 7.11 Å². The van der Waals surface area contributed by atoms with Crippen LogP contribution in [0, 0.1) is 0 Å². The smallest absolute Gasteiger partial charge is 0.259 e. The first kappa shape index (κ1) is 14.6. The summed E-state index contributed by atoms with van der Waals surface area (Å²) >= 11 is 0. The maximum atomic E-state index is 12.0. The van der Waals surface area contributed by atoms with Crippen molar-refractivity contribution >= 4 is 16.7 Å². The molecule has 2 heterocycles. The molecule has 1 aromatic carbocycles. The van der Waals surface area contributed by atoms with Crippen molar-refractivity contribution in [2.24, 2.45) is 10.9 Å². The highest BCUT2D eigenvalue weighted by atomic mass is 16.5. The van der Waals surface area contributed by atoms with E-state index in [4.69, 9.17) is 15.7 Å². The number of fused-ring (bicyclic) bond motifs is 1. The number of oxime groups is 1. The van der Waals surface area contributed by atoms with Gasteiger partial charge in [-0.25, -0.2) is 0 Å². The van der Waals surface area contributed by atoms with Gasteiger partial charge in [-0.05, 0) is 24.3 Å². The number of H-pyrrole nitrogens is 1. The average molecular weight is 310 g/mol. The van der Waals surface area contributed by atoms with Crippen LogP contribution in [0.1, 0.15) is 5.56 Å². The summed E-state index contributed by atoms with van der Waals surface area (Å²) in [6.07, 6.45) is 1.60. The van der Waals surface area contributed by atoms with Crippen molar-refractivity contribution < 1.29 is 9.94 Å². The molecular formula is C16H14N4O3. The zero-order chi connectivity index (χ0) is 16.4. The molecule has 0 bridgehead atoms. The number of para-hydroxylation sites is 1. The third-order valence-electron chi connectivity index (χ3n) is 3.52. The number of nitrogens with two attached hydrogens (primary N) is 1. The normalized spacial score (nSPS) is 11.6. The van der Waals surface area contributed by atoms with Crippen LogP contribution < -0.4 is 16.0 Å². The summed E-state index contributed by atoms with van der Waals surface area (Å²) in [5.41, 5.74) is 7.20. The van der Waals surface area contributed by atoms with Gasteiger partial charge < -0.3 is 20.7 Å². The lowest BCUT2D eigenvalue weighted by Crippen LogP contribution is -2.24. The number of aromatic amines is 1. The number of nitrogens with one attached hydrogen (secondary N) is 1. The standard InChI is InChI=1S/C16H14N4O3/c1-23-13-5-3-2-4-9(13)14-10-8-11(15(17)20-22)16(21)19-12(10)6-7-18-14/h2-8,22H,1H3,(H2,17,20)(H,19,21). The Bertz CT molecular complexity index is 963. The number of benzene rings is 1. The molecule has 0 fully saturated rings. The second-order valence-electron chi connectivity index (χ2n) is 4.82. The highest BCUT2D eigenvalue weighted by Gasteiger charge is 2.14. The van der Waals surface area contributed by atoms with Crippen LogP contribution in [-0.2, 0) is 0 Å². The monoisotopic (exact) mass is 310 g/mol. The van der Waals surface area contributed by atoms with Crippen molar-refractivity contribution in [1.29, 1.82) is 0 Å². The molecule has 0 amide bonds. The summed E-state index contributed by atoms with van der Waals surface area (Å²) < 4.78 is 5.37. The van der Waals surface area contributed by atoms with Gasteiger partial charge in [0.2, 0.25) is 0 Å². The van der Waals surface area contributed by atoms with Gasteiger partial charge in [-0.3, -0.25) is 9.78 Å². The summed E-state index contributed by atoms with van der Waals surface area (Å²) in [7, 11) is 1.58. The molecule has 0 saturated heterocycles. The van der Waals surface area contributed by atoms with Crippen LogP contribution in [0.2, 0.25) is 0 Å². The van der Waals surface area contributed by atoms with Gasteiger partial charge in [0.25, 0.3) is 5.56 Å². The maximum Gasteiger partial charge on any atom is 0.259 e. The van der Waals surface area contributed by atoms with E-state index >= 15 is 0 Å². The zero-order valence-electron chi connectivity index (χ0n) is 12.3. The highest BCUT2D eigenvalue weighted by Crippen LogP contribution is 2.32. The third kappa shape index (κ3) is 2.48. The summed E-state index contributed by atoms with van der Waals surface area (Å²) in [5.74, 6) is 0.395. The van der Waals surface area contributed by atoms with Crippen molar-refractivity contribution in [3.05, 3.63) is 58.5 Å². The van der Waals surface area contributed by atoms with Crippen LogP contribution in [0.25, 0.3) is 22.2 Å². The molecule has 0 aliphatic carbocycles. The Balaban J connectivity index is 2.36. The molecule has 0 spiro atoms. The molecule has 7 heteroatoms. The van der Waals surface area contributed by atoms with Gasteiger partial charge in [0.1, 0.15) is 5.75 Å². The number of pyridine rings is 2. The van der Waals surface area contributed by atoms with Crippen molar-refractivity contribution in [2.45, 2.75) is 0 Å². The number of amidine groups is 1. The first-order valence-electron chi connectivity index (χ1n) is 6.79. The van der Waals surface area contributed by atoms with Gasteiger partial charge >= 0.3 is 0 Å². The van der Waals surface area contributed by atoms with Crippen LogP contribution in [-0.4, -0.2) is 28.1 Å². The first-order valence-corrected chi connectivity index (χ1v) is 6.79. The average Bonchev–Trinajstić information content (AvgIpc) is 2.59. The molecule has 4 N–H and O–H groups in total. The molecule has 0 atom stereocenters. The SMILES string of the molecule is COc1ccccc1-c1nccc2[nH]c(=O)c(C(N)=NO)cc12. The minimum atomic E-state index is -0.440. The summed E-state index contributed by atoms with van der Waals surface area (Å²) in [6.45, 7) is 0. The third-order valence-corrected chi connectivity index (χ3v) is 3.52. The van der Waals surface area contributed by atoms with E-state index in [0.29, 0.717) is 22.3 Å². The lowest BCUT2D eigenvalue weighted by molar-refractivity contribution is 0.318. The second kappa shape index (κ2) is 5.80. The van der Waals surface area contributed by atoms with Crippen LogP contribution in [0.3, 0.4) is 0 Å². The largest absolute Gasteiger partial charge is 0.496 e. The quantitative estimate of drug-likeness (QED) is 0.295. The van der Waals surface area contributed by atoms with Crippen LogP contribution in [0.5, 0.6) is 5.75 Å². The van der Waals surface area contributed by atoms with E-state index < -0.39 is 5.56 Å². The van der Waals surface area contributed by atoms with Crippen LogP contribution in [0.4, 0.5) is 0 Å². The molecule has 23 heavy (non-hydrogen) atoms. The second-order valence-corrected chi connectivity index (χ2v) is 4.82. The van der Waals surface area contributed by atoms with E-state index in [1.165, 1.54) is 0 Å². The molecule has 3 aromatic rings. The Morgan fingerprint density at radius 3 is 2.87 bits per heavy atom. The van der Waals surface area contributed by atoms with Crippen LogP contribution >= 0.6 is 0 Å². The molecular weight excluding hydrogens is 296 g/mol. The minimum absolute atomic E-state index is 0.0733. The summed E-state index contributed by atoms with van der Waals surface area (Å²) in [5, 5.41) is 12.4. The number of rotatable bonds is 3. The molecule has 2 aromatic heterocycles. The van der Waals surface area contributed by atoms with Gasteiger partial charge in [-0.1, -0.05) is 17.3 Å². The number of nitrogens with zero attached hydrogens (tertiary/aromatic N) is 2. The van der Waals surface area contributed by atoms with E-state index in [9.17, 15) is 4.79 Å². The van der Waals surface area contributed by atoms with Crippen LogP contribution in [0.15, 0.2) is 52.5 Å². The van der Waals surface area contributed by atoms with Gasteiger partial charge in [0.15, 0.2) is 5.84 Å². The van der Waals surface area contributed by atoms with Crippen molar-refractivity contribution in [3.8, 4) is 17.0 Å². The minimum Gasteiger partial charge on any atom is -0.496 e. The number of methoxy groups -OCH3 is 1. The zero-order valence-corrected chi connectivity index (χ0v) is 12.3. The van der Waals surface area contributed by atoms with E-state index in [1.807, 2.05) is 24.3 Å². The number of hydrogen-bond donors (Lipinski definition) is 3. The van der Waals surface area contributed by atoms with E-state index in [2.05, 4.69) is 15.1 Å². The van der Waals surface area contributed by atoms with Gasteiger partial charge in [0, 0.05) is 17.1 Å². The molecule has 0 aliphatic rings. The van der Waals surface area contributed by atoms with Crippen molar-refractivity contribution in [1.82, 2.24) is 9.97 Å². The lowest BCUT2D eigenvalue weighted by Gasteiger charge is -2.10. The molecule has 116 valence electrons. The lowest BCUT2D eigenvalue weighted by atomic mass is 10.0. The summed E-state index contributed by atoms with van der Waals surface area (Å²) in [6, 6.07) is 10.7. The Labute approximate surface area is 131 Å². The Morgan fingerprint density at radius 2 is 2.13 bits per heavy atom. The molecule has 0 radical (unpaired) electrons. The molecule has 0 saturated carbocycles. The van der Waals surface area contributed by atoms with E-state index in [0.717, 1.165) is 5.56 Å². The summed E-state index contributed by atoms with van der Waals surface area (Å²) in [4.78, 5) is 19.1. The maximum absolute atomic E-state index is 12.0. The van der Waals surface area contributed by atoms with Gasteiger partial charge in [-0.2, -0.15) is 0 Å². The fourth-order valence-electron chi connectivity index (χ4n) is 2.43. The Kier molecular flexibility index (Phi) is 3.68. The molecule has 0 unspecified atom stereocenters. The first-order chi connectivity index (χ1) is 11.2. The predicted octanol–water partition coefficient (Wildman–Crippen LogP) is 1.69. The van der Waals surface area contributed by atoms with E-state index in [-0.39, 0.29) is 11.4 Å². The molecule has 7 nitrogen and oxygen atoms in total. The topological polar surface area (TPSA) is 114 Å². The van der Waals surface area contributed by atoms with Crippen molar-refractivity contribution in [3.63, 3.8) is 0 Å². The fourth-order valence-corrected chi connectivity index (χ4v) is 2.43. The number of aromatic nitrogens is 2. The Hall–Kier alpha value is -3.35. The fraction of sp³-hybridized carbons (Fsp3) is 0.0625. The predicted molar refractivity (Wildman–Crippen MR) is 86.9 cm³/mol. The highest BCUT2D eigenvalue weighted by molar-refractivity contribution is 6.02. The van der Waals surface area contributed by atoms with Gasteiger partial charge in [-0.15, -0.1) is 0 Å². The van der Waals surface area contributed by atoms with E-state index in [1.54, 1.807) is 25.4 Å². The van der Waals surface area contributed by atoms with Gasteiger partial charge in [0.05, 0.1) is 23.9 Å². The molecule has 3 rings (SSSR count).